The Morgan fingerprint density at radius 1 is 1.04 bits per heavy atom. The van der Waals surface area contributed by atoms with Gasteiger partial charge in [-0.2, -0.15) is 0 Å². The SMILES string of the molecule is CCC(CC)C(CNC(=NC)NCCCCN(CC)CC)N1CCOCC1.I. The first-order valence-electron chi connectivity index (χ1n) is 11.2. The molecule has 1 saturated heterocycles. The lowest BCUT2D eigenvalue weighted by molar-refractivity contribution is 0.00272. The molecule has 0 amide bonds. The summed E-state index contributed by atoms with van der Waals surface area (Å²) in [7, 11) is 1.87. The van der Waals surface area contributed by atoms with E-state index >= 15 is 0 Å². The standard InChI is InChI=1S/C21H45N5O.HI/c1-6-19(7-2)20(26-14-16-27-17-15-26)18-24-21(22-5)23-12-10-11-13-25(8-3)9-4;/h19-20H,6-18H2,1-5H3,(H2,22,23,24);1H. The molecule has 0 aromatic heterocycles. The highest BCUT2D eigenvalue weighted by atomic mass is 127. The predicted octanol–water partition coefficient (Wildman–Crippen LogP) is 3.03. The number of unbranched alkanes of at least 4 members (excludes halogenated alkanes) is 1. The molecule has 28 heavy (non-hydrogen) atoms. The van der Waals surface area contributed by atoms with Gasteiger partial charge in [0.2, 0.25) is 0 Å². The lowest BCUT2D eigenvalue weighted by Crippen LogP contribution is -2.53. The third-order valence-corrected chi connectivity index (χ3v) is 5.90. The maximum Gasteiger partial charge on any atom is 0.191 e. The van der Waals surface area contributed by atoms with Gasteiger partial charge in [-0.15, -0.1) is 24.0 Å². The number of guanidine groups is 1. The zero-order chi connectivity index (χ0) is 19.9. The minimum absolute atomic E-state index is 0. The average molecular weight is 512 g/mol. The number of nitrogens with zero attached hydrogens (tertiary/aromatic N) is 3. The van der Waals surface area contributed by atoms with E-state index in [2.05, 4.69) is 53.1 Å². The van der Waals surface area contributed by atoms with E-state index in [4.69, 9.17) is 4.74 Å². The van der Waals surface area contributed by atoms with Crippen molar-refractivity contribution in [3.8, 4) is 0 Å². The van der Waals surface area contributed by atoms with Crippen molar-refractivity contribution in [1.82, 2.24) is 20.4 Å². The highest BCUT2D eigenvalue weighted by Gasteiger charge is 2.26. The number of hydrogen-bond acceptors (Lipinski definition) is 4. The molecule has 0 aromatic carbocycles. The number of hydrogen-bond donors (Lipinski definition) is 2. The van der Waals surface area contributed by atoms with E-state index in [0.29, 0.717) is 12.0 Å². The van der Waals surface area contributed by atoms with Crippen molar-refractivity contribution in [3.63, 3.8) is 0 Å². The van der Waals surface area contributed by atoms with Crippen LogP contribution in [-0.4, -0.2) is 87.9 Å². The van der Waals surface area contributed by atoms with Crippen molar-refractivity contribution in [2.24, 2.45) is 10.9 Å². The molecule has 2 N–H and O–H groups in total. The third-order valence-electron chi connectivity index (χ3n) is 5.90. The first-order chi connectivity index (χ1) is 13.2. The molecule has 1 fully saturated rings. The third kappa shape index (κ3) is 10.6. The molecule has 7 heteroatoms. The minimum atomic E-state index is 0. The van der Waals surface area contributed by atoms with Crippen molar-refractivity contribution < 1.29 is 4.74 Å². The Balaban J connectivity index is 0.00000729. The fourth-order valence-corrected chi connectivity index (χ4v) is 3.96. The van der Waals surface area contributed by atoms with E-state index in [0.717, 1.165) is 58.4 Å². The highest BCUT2D eigenvalue weighted by molar-refractivity contribution is 14.0. The normalized spacial score (nSPS) is 16.9. The molecule has 0 aliphatic carbocycles. The first kappa shape index (κ1) is 27.9. The van der Waals surface area contributed by atoms with Gasteiger partial charge in [-0.3, -0.25) is 9.89 Å². The Bertz CT molecular complexity index is 383. The van der Waals surface area contributed by atoms with Gasteiger partial charge in [0.05, 0.1) is 13.2 Å². The van der Waals surface area contributed by atoms with Gasteiger partial charge in [0.1, 0.15) is 0 Å². The molecule has 0 bridgehead atoms. The van der Waals surface area contributed by atoms with Gasteiger partial charge in [0.25, 0.3) is 0 Å². The van der Waals surface area contributed by atoms with E-state index in [-0.39, 0.29) is 24.0 Å². The molecular formula is C21H46IN5O. The molecule has 168 valence electrons. The van der Waals surface area contributed by atoms with Crippen LogP contribution in [0.2, 0.25) is 0 Å². The molecular weight excluding hydrogens is 465 g/mol. The number of rotatable bonds is 13. The molecule has 1 rings (SSSR count). The fraction of sp³-hybridized carbons (Fsp3) is 0.952. The summed E-state index contributed by atoms with van der Waals surface area (Å²) in [5.41, 5.74) is 0. The zero-order valence-corrected chi connectivity index (χ0v) is 21.3. The number of aliphatic imine (C=N–C) groups is 1. The van der Waals surface area contributed by atoms with E-state index < -0.39 is 0 Å². The monoisotopic (exact) mass is 511 g/mol. The molecule has 6 nitrogen and oxygen atoms in total. The summed E-state index contributed by atoms with van der Waals surface area (Å²) in [6, 6.07) is 0.546. The first-order valence-corrected chi connectivity index (χ1v) is 11.2. The lowest BCUT2D eigenvalue weighted by Gasteiger charge is -2.39. The van der Waals surface area contributed by atoms with Crippen molar-refractivity contribution in [3.05, 3.63) is 0 Å². The molecule has 1 heterocycles. The summed E-state index contributed by atoms with van der Waals surface area (Å²) in [6.07, 6.45) is 4.85. The maximum absolute atomic E-state index is 5.55. The van der Waals surface area contributed by atoms with Gasteiger partial charge in [-0.05, 0) is 38.4 Å². The smallest absolute Gasteiger partial charge is 0.191 e. The van der Waals surface area contributed by atoms with Crippen molar-refractivity contribution in [2.75, 3.05) is 66.1 Å². The van der Waals surface area contributed by atoms with Crippen LogP contribution < -0.4 is 10.6 Å². The van der Waals surface area contributed by atoms with Crippen LogP contribution in [0.15, 0.2) is 4.99 Å². The van der Waals surface area contributed by atoms with Crippen molar-refractivity contribution in [1.29, 1.82) is 0 Å². The van der Waals surface area contributed by atoms with Crippen LogP contribution in [0.5, 0.6) is 0 Å². The zero-order valence-electron chi connectivity index (χ0n) is 19.0. The van der Waals surface area contributed by atoms with Crippen LogP contribution in [-0.2, 0) is 4.74 Å². The van der Waals surface area contributed by atoms with Gasteiger partial charge in [-0.25, -0.2) is 0 Å². The second kappa shape index (κ2) is 17.7. The summed E-state index contributed by atoms with van der Waals surface area (Å²) < 4.78 is 5.55. The van der Waals surface area contributed by atoms with E-state index in [9.17, 15) is 0 Å². The van der Waals surface area contributed by atoms with Gasteiger partial charge in [0.15, 0.2) is 5.96 Å². The van der Waals surface area contributed by atoms with Crippen molar-refractivity contribution >= 4 is 29.9 Å². The minimum Gasteiger partial charge on any atom is -0.379 e. The van der Waals surface area contributed by atoms with Gasteiger partial charge < -0.3 is 20.3 Å². The predicted molar refractivity (Wildman–Crippen MR) is 132 cm³/mol. The average Bonchev–Trinajstić information content (AvgIpc) is 2.72. The van der Waals surface area contributed by atoms with Gasteiger partial charge in [-0.1, -0.05) is 40.5 Å². The fourth-order valence-electron chi connectivity index (χ4n) is 3.96. The molecule has 0 saturated carbocycles. The Hall–Kier alpha value is -0.120. The molecule has 0 aromatic rings. The van der Waals surface area contributed by atoms with E-state index in [1.54, 1.807) is 0 Å². The summed E-state index contributed by atoms with van der Waals surface area (Å²) in [4.78, 5) is 9.51. The Morgan fingerprint density at radius 3 is 2.21 bits per heavy atom. The van der Waals surface area contributed by atoms with Crippen LogP contribution in [0.25, 0.3) is 0 Å². The summed E-state index contributed by atoms with van der Waals surface area (Å²) >= 11 is 0. The van der Waals surface area contributed by atoms with Crippen LogP contribution in [0.3, 0.4) is 0 Å². The van der Waals surface area contributed by atoms with Crippen LogP contribution >= 0.6 is 24.0 Å². The second-order valence-corrected chi connectivity index (χ2v) is 7.41. The topological polar surface area (TPSA) is 52.1 Å². The Morgan fingerprint density at radius 2 is 1.68 bits per heavy atom. The highest BCUT2D eigenvalue weighted by Crippen LogP contribution is 2.19. The van der Waals surface area contributed by atoms with E-state index in [1.165, 1.54) is 32.2 Å². The Kier molecular flexibility index (Phi) is 17.6. The lowest BCUT2D eigenvalue weighted by atomic mass is 9.92. The van der Waals surface area contributed by atoms with E-state index in [1.807, 2.05) is 7.05 Å². The van der Waals surface area contributed by atoms with Gasteiger partial charge >= 0.3 is 0 Å². The van der Waals surface area contributed by atoms with Crippen molar-refractivity contribution in [2.45, 2.75) is 59.4 Å². The number of halogens is 1. The largest absolute Gasteiger partial charge is 0.379 e. The van der Waals surface area contributed by atoms with Gasteiger partial charge in [0, 0.05) is 39.3 Å². The number of ether oxygens (including phenoxy) is 1. The summed E-state index contributed by atoms with van der Waals surface area (Å²) in [6.45, 7) is 18.3. The van der Waals surface area contributed by atoms with Crippen LogP contribution in [0.4, 0.5) is 0 Å². The molecule has 0 radical (unpaired) electrons. The van der Waals surface area contributed by atoms with Crippen LogP contribution in [0, 0.1) is 5.92 Å². The number of nitrogens with one attached hydrogen (secondary N) is 2. The molecule has 1 unspecified atom stereocenters. The summed E-state index contributed by atoms with van der Waals surface area (Å²) in [5.74, 6) is 1.64. The molecule has 1 atom stereocenters. The molecule has 1 aliphatic heterocycles. The molecule has 1 aliphatic rings. The summed E-state index contributed by atoms with van der Waals surface area (Å²) in [5, 5.41) is 7.07. The quantitative estimate of drug-likeness (QED) is 0.172. The number of morpholine rings is 1. The Labute approximate surface area is 191 Å². The second-order valence-electron chi connectivity index (χ2n) is 7.41. The molecule has 0 spiro atoms. The maximum atomic E-state index is 5.55. The van der Waals surface area contributed by atoms with Crippen LogP contribution in [0.1, 0.15) is 53.4 Å².